The number of rotatable bonds is 4. The molecule has 0 radical (unpaired) electrons. The summed E-state index contributed by atoms with van der Waals surface area (Å²) in [4.78, 5) is 0. The molecule has 1 heterocycles. The van der Waals surface area contributed by atoms with Crippen molar-refractivity contribution in [2.45, 2.75) is 31.8 Å². The summed E-state index contributed by atoms with van der Waals surface area (Å²) in [5.41, 5.74) is -0.558. The second-order valence-corrected chi connectivity index (χ2v) is 3.69. The molecular formula is C11H19NO2. The van der Waals surface area contributed by atoms with E-state index in [-0.39, 0.29) is 0 Å². The number of aliphatic hydroxyl groups is 1. The van der Waals surface area contributed by atoms with Gasteiger partial charge in [-0.1, -0.05) is 0 Å². The molecule has 0 spiro atoms. The predicted octanol–water partition coefficient (Wildman–Crippen LogP) is 0.531. The van der Waals surface area contributed by atoms with E-state index in [1.54, 1.807) is 0 Å². The first-order chi connectivity index (χ1) is 6.77. The van der Waals surface area contributed by atoms with Crippen molar-refractivity contribution in [1.29, 1.82) is 0 Å². The van der Waals surface area contributed by atoms with Gasteiger partial charge in [0.15, 0.2) is 0 Å². The molecule has 1 aliphatic heterocycles. The lowest BCUT2D eigenvalue weighted by Gasteiger charge is -2.32. The molecule has 1 aliphatic rings. The van der Waals surface area contributed by atoms with Gasteiger partial charge in [0.25, 0.3) is 0 Å². The van der Waals surface area contributed by atoms with Crippen LogP contribution in [-0.4, -0.2) is 37.0 Å². The van der Waals surface area contributed by atoms with Crippen LogP contribution in [0.2, 0.25) is 0 Å². The summed E-state index contributed by atoms with van der Waals surface area (Å²) >= 11 is 0. The highest BCUT2D eigenvalue weighted by Crippen LogP contribution is 2.18. The second-order valence-electron chi connectivity index (χ2n) is 3.69. The Morgan fingerprint density at radius 2 is 2.14 bits per heavy atom. The molecule has 0 bridgehead atoms. The number of hydrogen-bond donors (Lipinski definition) is 2. The number of nitrogens with one attached hydrogen (secondary N) is 1. The SMILES string of the molecule is CC#CCCNCC1(O)CCOCC1. The lowest BCUT2D eigenvalue weighted by molar-refractivity contribution is -0.0613. The fourth-order valence-electron chi connectivity index (χ4n) is 1.53. The molecule has 14 heavy (non-hydrogen) atoms. The highest BCUT2D eigenvalue weighted by atomic mass is 16.5. The third kappa shape index (κ3) is 4.10. The summed E-state index contributed by atoms with van der Waals surface area (Å²) < 4.78 is 5.20. The van der Waals surface area contributed by atoms with Gasteiger partial charge in [-0.2, -0.15) is 0 Å². The Hall–Kier alpha value is -0.560. The van der Waals surface area contributed by atoms with E-state index < -0.39 is 5.60 Å². The summed E-state index contributed by atoms with van der Waals surface area (Å²) in [6, 6.07) is 0. The van der Waals surface area contributed by atoms with Crippen LogP contribution in [0.4, 0.5) is 0 Å². The van der Waals surface area contributed by atoms with Gasteiger partial charge in [-0.3, -0.25) is 0 Å². The van der Waals surface area contributed by atoms with Crippen LogP contribution < -0.4 is 5.32 Å². The maximum absolute atomic E-state index is 10.0. The molecular weight excluding hydrogens is 178 g/mol. The van der Waals surface area contributed by atoms with Gasteiger partial charge in [0, 0.05) is 45.6 Å². The molecule has 0 aromatic rings. The highest BCUT2D eigenvalue weighted by molar-refractivity contribution is 4.95. The fourth-order valence-corrected chi connectivity index (χ4v) is 1.53. The summed E-state index contributed by atoms with van der Waals surface area (Å²) in [6.45, 7) is 4.69. The molecule has 0 unspecified atom stereocenters. The van der Waals surface area contributed by atoms with Gasteiger partial charge in [0.05, 0.1) is 5.60 Å². The molecule has 0 saturated carbocycles. The van der Waals surface area contributed by atoms with E-state index in [0.29, 0.717) is 19.8 Å². The van der Waals surface area contributed by atoms with E-state index in [0.717, 1.165) is 25.8 Å². The van der Waals surface area contributed by atoms with Gasteiger partial charge in [-0.05, 0) is 6.92 Å². The Kier molecular flexibility index (Phi) is 4.95. The fraction of sp³-hybridized carbons (Fsp3) is 0.818. The van der Waals surface area contributed by atoms with Crippen molar-refractivity contribution in [2.75, 3.05) is 26.3 Å². The van der Waals surface area contributed by atoms with Gasteiger partial charge in [-0.25, -0.2) is 0 Å². The quantitative estimate of drug-likeness (QED) is 0.510. The van der Waals surface area contributed by atoms with E-state index in [4.69, 9.17) is 4.74 Å². The van der Waals surface area contributed by atoms with Crippen LogP contribution in [0.3, 0.4) is 0 Å². The minimum atomic E-state index is -0.558. The molecule has 0 aromatic carbocycles. The smallest absolute Gasteiger partial charge is 0.0815 e. The van der Waals surface area contributed by atoms with Gasteiger partial charge in [-0.15, -0.1) is 11.8 Å². The maximum atomic E-state index is 10.0. The van der Waals surface area contributed by atoms with Crippen molar-refractivity contribution < 1.29 is 9.84 Å². The van der Waals surface area contributed by atoms with E-state index >= 15 is 0 Å². The van der Waals surface area contributed by atoms with Crippen LogP contribution >= 0.6 is 0 Å². The summed E-state index contributed by atoms with van der Waals surface area (Å²) in [7, 11) is 0. The lowest BCUT2D eigenvalue weighted by atomic mass is 9.94. The van der Waals surface area contributed by atoms with Crippen molar-refractivity contribution in [1.82, 2.24) is 5.32 Å². The van der Waals surface area contributed by atoms with Crippen molar-refractivity contribution >= 4 is 0 Å². The normalized spacial score (nSPS) is 19.9. The standard InChI is InChI=1S/C11H19NO2/c1-2-3-4-7-12-10-11(13)5-8-14-9-6-11/h12-13H,4-10H2,1H3. The third-order valence-electron chi connectivity index (χ3n) is 2.48. The van der Waals surface area contributed by atoms with E-state index in [1.807, 2.05) is 6.92 Å². The minimum Gasteiger partial charge on any atom is -0.388 e. The van der Waals surface area contributed by atoms with E-state index in [9.17, 15) is 5.11 Å². The zero-order chi connectivity index (χ0) is 10.3. The topological polar surface area (TPSA) is 41.5 Å². The monoisotopic (exact) mass is 197 g/mol. The van der Waals surface area contributed by atoms with E-state index in [1.165, 1.54) is 0 Å². The Labute approximate surface area is 85.8 Å². The molecule has 1 fully saturated rings. The molecule has 2 N–H and O–H groups in total. The molecule has 80 valence electrons. The summed E-state index contributed by atoms with van der Waals surface area (Å²) in [5, 5.41) is 13.3. The second kappa shape index (κ2) is 6.02. The minimum absolute atomic E-state index is 0.558. The Morgan fingerprint density at radius 3 is 2.79 bits per heavy atom. The first kappa shape index (κ1) is 11.5. The average Bonchev–Trinajstić information content (AvgIpc) is 2.18. The van der Waals surface area contributed by atoms with Gasteiger partial charge in [0.2, 0.25) is 0 Å². The van der Waals surface area contributed by atoms with Crippen molar-refractivity contribution in [2.24, 2.45) is 0 Å². The zero-order valence-corrected chi connectivity index (χ0v) is 8.81. The molecule has 1 rings (SSSR count). The van der Waals surface area contributed by atoms with Crippen LogP contribution in [0.25, 0.3) is 0 Å². The first-order valence-corrected chi connectivity index (χ1v) is 5.17. The zero-order valence-electron chi connectivity index (χ0n) is 8.81. The molecule has 1 saturated heterocycles. The molecule has 0 atom stereocenters. The Bertz CT molecular complexity index is 211. The highest BCUT2D eigenvalue weighted by Gasteiger charge is 2.28. The molecule has 3 nitrogen and oxygen atoms in total. The summed E-state index contributed by atoms with van der Waals surface area (Å²) in [5.74, 6) is 5.82. The Balaban J connectivity index is 2.11. The van der Waals surface area contributed by atoms with Crippen molar-refractivity contribution in [3.63, 3.8) is 0 Å². The molecule has 0 aliphatic carbocycles. The van der Waals surface area contributed by atoms with Gasteiger partial charge in [0.1, 0.15) is 0 Å². The molecule has 3 heteroatoms. The largest absolute Gasteiger partial charge is 0.388 e. The van der Waals surface area contributed by atoms with Crippen LogP contribution in [0.5, 0.6) is 0 Å². The summed E-state index contributed by atoms with van der Waals surface area (Å²) in [6.07, 6.45) is 2.32. The molecule has 0 amide bonds. The van der Waals surface area contributed by atoms with Crippen molar-refractivity contribution in [3.8, 4) is 11.8 Å². The maximum Gasteiger partial charge on any atom is 0.0815 e. The average molecular weight is 197 g/mol. The predicted molar refractivity (Wildman–Crippen MR) is 55.9 cm³/mol. The third-order valence-corrected chi connectivity index (χ3v) is 2.48. The molecule has 0 aromatic heterocycles. The van der Waals surface area contributed by atoms with Gasteiger partial charge >= 0.3 is 0 Å². The van der Waals surface area contributed by atoms with Crippen molar-refractivity contribution in [3.05, 3.63) is 0 Å². The van der Waals surface area contributed by atoms with Crippen LogP contribution in [-0.2, 0) is 4.74 Å². The van der Waals surface area contributed by atoms with Crippen LogP contribution in [0, 0.1) is 11.8 Å². The number of ether oxygens (including phenoxy) is 1. The first-order valence-electron chi connectivity index (χ1n) is 5.17. The van der Waals surface area contributed by atoms with E-state index in [2.05, 4.69) is 17.2 Å². The van der Waals surface area contributed by atoms with Crippen LogP contribution in [0.1, 0.15) is 26.2 Å². The number of hydrogen-bond acceptors (Lipinski definition) is 3. The van der Waals surface area contributed by atoms with Gasteiger partial charge < -0.3 is 15.2 Å². The lowest BCUT2D eigenvalue weighted by Crippen LogP contribution is -2.45. The van der Waals surface area contributed by atoms with Crippen LogP contribution in [0.15, 0.2) is 0 Å². The Morgan fingerprint density at radius 1 is 1.43 bits per heavy atom.